The molecule has 1 aromatic rings. The van der Waals surface area contributed by atoms with Crippen molar-refractivity contribution >= 4 is 18.0 Å². The molecule has 0 radical (unpaired) electrons. The lowest BCUT2D eigenvalue weighted by atomic mass is 10.1. The zero-order valence-electron chi connectivity index (χ0n) is 11.9. The van der Waals surface area contributed by atoms with Gasteiger partial charge in [0.1, 0.15) is 0 Å². The summed E-state index contributed by atoms with van der Waals surface area (Å²) in [4.78, 5) is 22.5. The molecule has 0 saturated heterocycles. The zero-order chi connectivity index (χ0) is 15.4. The lowest BCUT2D eigenvalue weighted by Crippen LogP contribution is -2.47. The minimum absolute atomic E-state index is 0.582. The Morgan fingerprint density at radius 1 is 1.40 bits per heavy atom. The van der Waals surface area contributed by atoms with Crippen LogP contribution in [0.4, 0.5) is 0 Å². The largest absolute Gasteiger partial charge is 0.480 e. The van der Waals surface area contributed by atoms with E-state index >= 15 is 0 Å². The van der Waals surface area contributed by atoms with E-state index < -0.39 is 24.0 Å². The Labute approximate surface area is 116 Å². The van der Waals surface area contributed by atoms with Crippen molar-refractivity contribution < 1.29 is 19.8 Å². The number of aliphatic hydroxyl groups is 1. The van der Waals surface area contributed by atoms with Crippen LogP contribution in [0, 0.1) is 13.8 Å². The molecule has 0 spiro atoms. The van der Waals surface area contributed by atoms with Gasteiger partial charge in [0, 0.05) is 24.4 Å². The first kappa shape index (κ1) is 15.9. The van der Waals surface area contributed by atoms with Gasteiger partial charge in [-0.3, -0.25) is 9.48 Å². The summed E-state index contributed by atoms with van der Waals surface area (Å²) in [6.07, 6.45) is 1.63. The summed E-state index contributed by atoms with van der Waals surface area (Å²) in [5.74, 6) is -1.86. The molecule has 0 saturated carbocycles. The summed E-state index contributed by atoms with van der Waals surface area (Å²) in [6.45, 7) is 4.99. The monoisotopic (exact) mass is 281 g/mol. The predicted octanol–water partition coefficient (Wildman–Crippen LogP) is 0.000340. The zero-order valence-corrected chi connectivity index (χ0v) is 11.9. The summed E-state index contributed by atoms with van der Waals surface area (Å²) in [7, 11) is 1.80. The third-order valence-corrected chi connectivity index (χ3v) is 3.01. The minimum Gasteiger partial charge on any atom is -0.480 e. The van der Waals surface area contributed by atoms with E-state index in [1.165, 1.54) is 13.0 Å². The molecule has 1 heterocycles. The highest BCUT2D eigenvalue weighted by atomic mass is 16.4. The average molecular weight is 281 g/mol. The highest BCUT2D eigenvalue weighted by molar-refractivity contribution is 5.94. The van der Waals surface area contributed by atoms with Crippen LogP contribution in [0.2, 0.25) is 0 Å². The van der Waals surface area contributed by atoms with Crippen molar-refractivity contribution in [3.05, 3.63) is 23.0 Å². The van der Waals surface area contributed by atoms with Crippen LogP contribution in [-0.4, -0.2) is 44.0 Å². The van der Waals surface area contributed by atoms with Crippen molar-refractivity contribution in [2.24, 2.45) is 7.05 Å². The van der Waals surface area contributed by atoms with Crippen LogP contribution in [0.3, 0.4) is 0 Å². The molecule has 0 aromatic carbocycles. The molecule has 0 aliphatic carbocycles. The van der Waals surface area contributed by atoms with Crippen LogP contribution in [-0.2, 0) is 16.6 Å². The van der Waals surface area contributed by atoms with Gasteiger partial charge in [0.05, 0.1) is 11.8 Å². The minimum atomic E-state index is -1.33. The lowest BCUT2D eigenvalue weighted by molar-refractivity contribution is -0.144. The molecule has 0 aliphatic rings. The first-order chi connectivity index (χ1) is 9.23. The molecule has 1 aromatic heterocycles. The third kappa shape index (κ3) is 3.67. The quantitative estimate of drug-likeness (QED) is 0.659. The number of aromatic nitrogens is 2. The van der Waals surface area contributed by atoms with E-state index in [2.05, 4.69) is 10.4 Å². The Balaban J connectivity index is 2.80. The Morgan fingerprint density at radius 3 is 2.40 bits per heavy atom. The Kier molecular flexibility index (Phi) is 5.04. The molecule has 20 heavy (non-hydrogen) atoms. The summed E-state index contributed by atoms with van der Waals surface area (Å²) < 4.78 is 1.70. The van der Waals surface area contributed by atoms with E-state index in [-0.39, 0.29) is 0 Å². The van der Waals surface area contributed by atoms with Crippen molar-refractivity contribution in [2.45, 2.75) is 32.9 Å². The maximum Gasteiger partial charge on any atom is 0.328 e. The number of hydrogen-bond acceptors (Lipinski definition) is 4. The molecule has 0 unspecified atom stereocenters. The van der Waals surface area contributed by atoms with Gasteiger partial charge in [-0.2, -0.15) is 5.10 Å². The number of carbonyl (C=O) groups is 2. The number of rotatable bonds is 5. The first-order valence-corrected chi connectivity index (χ1v) is 6.13. The number of carbonyl (C=O) groups excluding carboxylic acids is 1. The number of aryl methyl sites for hydroxylation is 2. The van der Waals surface area contributed by atoms with Crippen LogP contribution in [0.25, 0.3) is 6.08 Å². The molecular formula is C13H19N3O4. The number of nitrogens with one attached hydrogen (secondary N) is 1. The topological polar surface area (TPSA) is 104 Å². The van der Waals surface area contributed by atoms with Crippen LogP contribution in [0.15, 0.2) is 6.08 Å². The first-order valence-electron chi connectivity index (χ1n) is 6.13. The molecule has 0 bridgehead atoms. The summed E-state index contributed by atoms with van der Waals surface area (Å²) in [5, 5.41) is 24.6. The van der Waals surface area contributed by atoms with Crippen LogP contribution in [0.5, 0.6) is 0 Å². The fourth-order valence-corrected chi connectivity index (χ4v) is 1.78. The second kappa shape index (κ2) is 6.33. The maximum atomic E-state index is 11.7. The smallest absolute Gasteiger partial charge is 0.328 e. The van der Waals surface area contributed by atoms with Gasteiger partial charge in [0.2, 0.25) is 5.91 Å². The number of amides is 1. The number of carboxylic acids is 1. The van der Waals surface area contributed by atoms with Crippen LogP contribution < -0.4 is 5.32 Å². The van der Waals surface area contributed by atoms with Crippen molar-refractivity contribution in [1.29, 1.82) is 0 Å². The van der Waals surface area contributed by atoms with Crippen molar-refractivity contribution in [1.82, 2.24) is 15.1 Å². The van der Waals surface area contributed by atoms with Gasteiger partial charge >= 0.3 is 5.97 Å². The van der Waals surface area contributed by atoms with E-state index in [0.29, 0.717) is 0 Å². The molecule has 110 valence electrons. The molecule has 2 atom stereocenters. The standard InChI is InChI=1S/C13H19N3O4/c1-7-10(8(2)16(4)15-7)5-6-11(18)14-12(9(3)17)13(19)20/h5-6,9,12,17H,1-4H3,(H,14,18)(H,19,20)/b6-5+/t9-,12+/m1/s1. The highest BCUT2D eigenvalue weighted by Gasteiger charge is 2.24. The van der Waals surface area contributed by atoms with Gasteiger partial charge < -0.3 is 15.5 Å². The number of nitrogens with zero attached hydrogens (tertiary/aromatic N) is 2. The number of aliphatic hydroxyl groups excluding tert-OH is 1. The highest BCUT2D eigenvalue weighted by Crippen LogP contribution is 2.13. The molecule has 0 aliphatic heterocycles. The second-order valence-corrected chi connectivity index (χ2v) is 4.61. The van der Waals surface area contributed by atoms with E-state index in [4.69, 9.17) is 5.11 Å². The van der Waals surface area contributed by atoms with E-state index in [0.717, 1.165) is 17.0 Å². The fraction of sp³-hybridized carbons (Fsp3) is 0.462. The van der Waals surface area contributed by atoms with Crippen molar-refractivity contribution in [2.75, 3.05) is 0 Å². The molecule has 3 N–H and O–H groups in total. The molecule has 7 heteroatoms. The second-order valence-electron chi connectivity index (χ2n) is 4.61. The Hall–Kier alpha value is -2.15. The van der Waals surface area contributed by atoms with E-state index in [9.17, 15) is 14.7 Å². The number of carboxylic acid groups (broad SMARTS) is 1. The van der Waals surface area contributed by atoms with Crippen LogP contribution in [0.1, 0.15) is 23.9 Å². The summed E-state index contributed by atoms with van der Waals surface area (Å²) >= 11 is 0. The molecule has 7 nitrogen and oxygen atoms in total. The fourth-order valence-electron chi connectivity index (χ4n) is 1.78. The van der Waals surface area contributed by atoms with Gasteiger partial charge in [-0.15, -0.1) is 0 Å². The predicted molar refractivity (Wildman–Crippen MR) is 73.0 cm³/mol. The van der Waals surface area contributed by atoms with E-state index in [1.54, 1.807) is 17.8 Å². The molecule has 1 amide bonds. The molecular weight excluding hydrogens is 262 g/mol. The van der Waals surface area contributed by atoms with Gasteiger partial charge in [-0.1, -0.05) is 0 Å². The molecule has 1 rings (SSSR count). The van der Waals surface area contributed by atoms with Gasteiger partial charge in [0.25, 0.3) is 0 Å². The maximum absolute atomic E-state index is 11.7. The van der Waals surface area contributed by atoms with Crippen LogP contribution >= 0.6 is 0 Å². The van der Waals surface area contributed by atoms with Gasteiger partial charge in [-0.05, 0) is 26.8 Å². The van der Waals surface area contributed by atoms with Crippen molar-refractivity contribution in [3.8, 4) is 0 Å². The van der Waals surface area contributed by atoms with Crippen molar-refractivity contribution in [3.63, 3.8) is 0 Å². The number of hydrogen-bond donors (Lipinski definition) is 3. The Morgan fingerprint density at radius 2 is 2.00 bits per heavy atom. The normalized spacial score (nSPS) is 14.2. The Bertz CT molecular complexity index is 546. The van der Waals surface area contributed by atoms with Gasteiger partial charge in [-0.25, -0.2) is 4.79 Å². The number of aliphatic carboxylic acids is 1. The average Bonchev–Trinajstić information content (AvgIpc) is 2.57. The molecule has 0 fully saturated rings. The SMILES string of the molecule is Cc1nn(C)c(C)c1/C=C/C(=O)N[C@H](C(=O)O)[C@@H](C)O. The summed E-state index contributed by atoms with van der Waals surface area (Å²) in [6, 6.07) is -1.33. The third-order valence-electron chi connectivity index (χ3n) is 3.01. The van der Waals surface area contributed by atoms with Gasteiger partial charge in [0.15, 0.2) is 6.04 Å². The van der Waals surface area contributed by atoms with E-state index in [1.807, 2.05) is 13.8 Å². The summed E-state index contributed by atoms with van der Waals surface area (Å²) in [5.41, 5.74) is 2.49. The lowest BCUT2D eigenvalue weighted by Gasteiger charge is -2.15.